The topological polar surface area (TPSA) is 81.1 Å². The van der Waals surface area contributed by atoms with Crippen LogP contribution in [0.15, 0.2) is 73.1 Å². The van der Waals surface area contributed by atoms with Crippen molar-refractivity contribution in [2.75, 3.05) is 6.54 Å². The van der Waals surface area contributed by atoms with Crippen molar-refractivity contribution >= 4 is 34.8 Å². The van der Waals surface area contributed by atoms with E-state index >= 15 is 0 Å². The van der Waals surface area contributed by atoms with E-state index < -0.39 is 6.36 Å². The van der Waals surface area contributed by atoms with E-state index in [1.807, 2.05) is 36.4 Å². The Morgan fingerprint density at radius 3 is 2.55 bits per heavy atom. The van der Waals surface area contributed by atoms with Gasteiger partial charge in [0.25, 0.3) is 0 Å². The van der Waals surface area contributed by atoms with Crippen LogP contribution in [0.1, 0.15) is 49.3 Å². The first kappa shape index (κ1) is 31.0. The third-order valence-corrected chi connectivity index (χ3v) is 6.86. The molecule has 3 aromatic carbocycles. The second-order valence-electron chi connectivity index (χ2n) is 9.81. The van der Waals surface area contributed by atoms with Crippen LogP contribution in [0, 0.1) is 0 Å². The Balaban J connectivity index is 1.25. The lowest BCUT2D eigenvalue weighted by molar-refractivity contribution is -0.274. The maximum Gasteiger partial charge on any atom is 0.573 e. The highest BCUT2D eigenvalue weighted by atomic mass is 35.5. The molecule has 7 nitrogen and oxygen atoms in total. The molecule has 0 atom stereocenters. The van der Waals surface area contributed by atoms with Gasteiger partial charge >= 0.3 is 12.4 Å². The van der Waals surface area contributed by atoms with E-state index in [0.717, 1.165) is 41.5 Å². The van der Waals surface area contributed by atoms with Gasteiger partial charge in [0.2, 0.25) is 0 Å². The molecule has 0 saturated heterocycles. The van der Waals surface area contributed by atoms with Crippen LogP contribution in [-0.2, 0) is 6.42 Å². The summed E-state index contributed by atoms with van der Waals surface area (Å²) in [5.41, 5.74) is 4.21. The van der Waals surface area contributed by atoms with Crippen LogP contribution in [0.2, 0.25) is 5.02 Å². The molecule has 1 aromatic heterocycles. The predicted octanol–water partition coefficient (Wildman–Crippen LogP) is 7.61. The number of hydrogen-bond acceptors (Lipinski definition) is 5. The molecule has 0 bridgehead atoms. The highest BCUT2D eigenvalue weighted by Gasteiger charge is 2.31. The Labute approximate surface area is 252 Å². The van der Waals surface area contributed by atoms with Gasteiger partial charge in [0.05, 0.1) is 5.69 Å². The molecule has 4 aromatic rings. The van der Waals surface area contributed by atoms with Crippen LogP contribution >= 0.6 is 23.8 Å². The molecule has 2 amide bonds. The highest BCUT2D eigenvalue weighted by molar-refractivity contribution is 7.80. The molecule has 0 aliphatic rings. The number of nitrogens with one attached hydrogen (secondary N) is 2. The average molecular weight is 616 g/mol. The fourth-order valence-corrected chi connectivity index (χ4v) is 4.73. The molecule has 42 heavy (non-hydrogen) atoms. The van der Waals surface area contributed by atoms with E-state index in [9.17, 15) is 18.0 Å². The second kappa shape index (κ2) is 13.8. The SMILES string of the molecule is CC(C)c1ccc(Cl)cc1C(=S)NC(=O)NCCCCc1cccc(-c2ncn(-c3ccc(OC(F)(F)F)cc3)n2)c1. The Kier molecular flexibility index (Phi) is 10.2. The smallest absolute Gasteiger partial charge is 0.406 e. The molecule has 12 heteroatoms. The van der Waals surface area contributed by atoms with Crippen molar-refractivity contribution in [2.24, 2.45) is 0 Å². The summed E-state index contributed by atoms with van der Waals surface area (Å²) in [6.45, 7) is 4.59. The summed E-state index contributed by atoms with van der Waals surface area (Å²) in [6, 6.07) is 18.3. The molecule has 0 saturated carbocycles. The number of thiocarbonyl (C=S) groups is 1. The van der Waals surface area contributed by atoms with Gasteiger partial charge in [-0.1, -0.05) is 61.9 Å². The Morgan fingerprint density at radius 1 is 1.07 bits per heavy atom. The predicted molar refractivity (Wildman–Crippen MR) is 160 cm³/mol. The highest BCUT2D eigenvalue weighted by Crippen LogP contribution is 2.25. The summed E-state index contributed by atoms with van der Waals surface area (Å²) in [7, 11) is 0. The molecule has 0 aliphatic carbocycles. The summed E-state index contributed by atoms with van der Waals surface area (Å²) >= 11 is 11.6. The molecule has 220 valence electrons. The van der Waals surface area contributed by atoms with Crippen molar-refractivity contribution in [1.82, 2.24) is 25.4 Å². The molecule has 0 aliphatic heterocycles. The molecule has 0 fully saturated rings. The number of unbranched alkanes of at least 4 members (excludes halogenated alkanes) is 1. The third-order valence-electron chi connectivity index (χ3n) is 6.30. The van der Waals surface area contributed by atoms with Gasteiger partial charge in [-0.2, -0.15) is 0 Å². The van der Waals surface area contributed by atoms with E-state index in [1.165, 1.54) is 35.3 Å². The monoisotopic (exact) mass is 615 g/mol. The molecule has 4 rings (SSSR count). The van der Waals surface area contributed by atoms with Gasteiger partial charge < -0.3 is 10.1 Å². The van der Waals surface area contributed by atoms with Crippen LogP contribution in [0.25, 0.3) is 17.1 Å². The minimum Gasteiger partial charge on any atom is -0.406 e. The Hall–Kier alpha value is -3.96. The zero-order valence-electron chi connectivity index (χ0n) is 22.9. The van der Waals surface area contributed by atoms with Gasteiger partial charge in [0.1, 0.15) is 17.1 Å². The van der Waals surface area contributed by atoms with Gasteiger partial charge in [-0.05, 0) is 78.8 Å². The van der Waals surface area contributed by atoms with Crippen molar-refractivity contribution in [3.05, 3.63) is 94.8 Å². The number of rotatable bonds is 10. The van der Waals surface area contributed by atoms with E-state index in [2.05, 4.69) is 39.3 Å². The van der Waals surface area contributed by atoms with Gasteiger partial charge in [-0.15, -0.1) is 18.3 Å². The second-order valence-corrected chi connectivity index (χ2v) is 10.7. The van der Waals surface area contributed by atoms with Crippen molar-refractivity contribution < 1.29 is 22.7 Å². The summed E-state index contributed by atoms with van der Waals surface area (Å²) in [5, 5.41) is 10.6. The standard InChI is InChI=1S/C30H29ClF3N5O2S/c1-19(2)25-14-9-22(31)17-26(25)28(42)37-29(40)35-15-4-3-6-20-7-5-8-21(16-20)27-36-18-39(38-27)23-10-12-24(13-11-23)41-30(32,33)34/h5,7-14,16-19H,3-4,6,15H2,1-2H3,(H2,35,37,40,42). The fourth-order valence-electron chi connectivity index (χ4n) is 4.29. The summed E-state index contributed by atoms with van der Waals surface area (Å²) < 4.78 is 42.6. The largest absolute Gasteiger partial charge is 0.573 e. The number of ether oxygens (including phenoxy) is 1. The number of carbonyl (C=O) groups is 1. The van der Waals surface area contributed by atoms with E-state index in [-0.39, 0.29) is 17.7 Å². The number of benzene rings is 3. The normalized spacial score (nSPS) is 11.4. The van der Waals surface area contributed by atoms with Crippen LogP contribution in [0.3, 0.4) is 0 Å². The Morgan fingerprint density at radius 2 is 1.83 bits per heavy atom. The quantitative estimate of drug-likeness (QED) is 0.142. The molecule has 1 heterocycles. The van der Waals surface area contributed by atoms with Crippen LogP contribution in [0.4, 0.5) is 18.0 Å². The van der Waals surface area contributed by atoms with E-state index in [0.29, 0.717) is 28.1 Å². The van der Waals surface area contributed by atoms with Crippen molar-refractivity contribution in [2.45, 2.75) is 45.4 Å². The molecule has 2 N–H and O–H groups in total. The number of aromatic nitrogens is 3. The van der Waals surface area contributed by atoms with Gasteiger partial charge in [0.15, 0.2) is 5.82 Å². The zero-order valence-corrected chi connectivity index (χ0v) is 24.5. The first-order valence-corrected chi connectivity index (χ1v) is 14.0. The van der Waals surface area contributed by atoms with Crippen LogP contribution in [0.5, 0.6) is 5.75 Å². The molecule has 0 spiro atoms. The number of halogens is 4. The summed E-state index contributed by atoms with van der Waals surface area (Å²) in [6.07, 6.45) is -0.854. The van der Waals surface area contributed by atoms with Crippen molar-refractivity contribution in [3.8, 4) is 22.8 Å². The number of alkyl halides is 3. The number of hydrogen-bond donors (Lipinski definition) is 2. The molecular weight excluding hydrogens is 587 g/mol. The average Bonchev–Trinajstić information content (AvgIpc) is 3.43. The Bertz CT molecular complexity index is 1540. The maximum atomic E-state index is 12.4. The molecule has 0 radical (unpaired) electrons. The van der Waals surface area contributed by atoms with Crippen LogP contribution < -0.4 is 15.4 Å². The molecule has 0 unspecified atom stereocenters. The minimum absolute atomic E-state index is 0.229. The number of carbonyl (C=O) groups excluding carboxylic acids is 1. The minimum atomic E-state index is -4.75. The summed E-state index contributed by atoms with van der Waals surface area (Å²) in [5.74, 6) is 0.408. The first-order valence-electron chi connectivity index (χ1n) is 13.2. The van der Waals surface area contributed by atoms with Gasteiger partial charge in [0, 0.05) is 22.7 Å². The first-order chi connectivity index (χ1) is 20.0. The maximum absolute atomic E-state index is 12.4. The number of urea groups is 1. The molecular formula is C30H29ClF3N5O2S. The van der Waals surface area contributed by atoms with Crippen molar-refractivity contribution in [1.29, 1.82) is 0 Å². The van der Waals surface area contributed by atoms with Crippen LogP contribution in [-0.4, -0.2) is 38.7 Å². The fraction of sp³-hybridized carbons (Fsp3) is 0.267. The van der Waals surface area contributed by atoms with Gasteiger partial charge in [-0.25, -0.2) is 14.5 Å². The lowest BCUT2D eigenvalue weighted by Crippen LogP contribution is -2.39. The number of amides is 2. The van der Waals surface area contributed by atoms with E-state index in [4.69, 9.17) is 23.8 Å². The van der Waals surface area contributed by atoms with Gasteiger partial charge in [-0.3, -0.25) is 5.32 Å². The lowest BCUT2D eigenvalue weighted by Gasteiger charge is -2.15. The summed E-state index contributed by atoms with van der Waals surface area (Å²) in [4.78, 5) is 17.1. The van der Waals surface area contributed by atoms with E-state index in [1.54, 1.807) is 6.07 Å². The number of aryl methyl sites for hydroxylation is 1. The lowest BCUT2D eigenvalue weighted by atomic mass is 9.97. The number of nitrogens with zero attached hydrogens (tertiary/aromatic N) is 3. The zero-order chi connectivity index (χ0) is 30.3. The van der Waals surface area contributed by atoms with Crippen molar-refractivity contribution in [3.63, 3.8) is 0 Å². The third kappa shape index (κ3) is 8.77.